The number of sulfonamides is 1. The number of nitrogens with one attached hydrogen (secondary N) is 2. The number of hydrogen-bond donors (Lipinski definition) is 2. The fourth-order valence-corrected chi connectivity index (χ4v) is 4.14. The molecule has 3 aromatic rings. The summed E-state index contributed by atoms with van der Waals surface area (Å²) in [7, 11) is -3.96. The lowest BCUT2D eigenvalue weighted by atomic mass is 10.1. The molecule has 3 aromatic carbocycles. The van der Waals surface area contributed by atoms with E-state index in [4.69, 9.17) is 0 Å². The molecule has 9 heteroatoms. The third kappa shape index (κ3) is 5.43. The maximum atomic E-state index is 12.8. The van der Waals surface area contributed by atoms with E-state index in [0.717, 1.165) is 29.8 Å². The molecule has 1 amide bonds. The van der Waals surface area contributed by atoms with Crippen molar-refractivity contribution in [3.63, 3.8) is 0 Å². The van der Waals surface area contributed by atoms with Crippen LogP contribution in [0.25, 0.3) is 0 Å². The molecule has 0 radical (unpaired) electrons. The molecule has 0 aliphatic carbocycles. The van der Waals surface area contributed by atoms with Gasteiger partial charge in [0.1, 0.15) is 0 Å². The maximum Gasteiger partial charge on any atom is 0.416 e. The summed E-state index contributed by atoms with van der Waals surface area (Å²) < 4.78 is 66.1. The number of carbonyl (C=O) groups is 1. The Labute approximate surface area is 178 Å². The van der Waals surface area contributed by atoms with Crippen LogP contribution in [0.15, 0.2) is 71.6 Å². The summed E-state index contributed by atoms with van der Waals surface area (Å²) in [4.78, 5) is 12.5. The molecule has 2 N–H and O–H groups in total. The molecule has 0 aliphatic heterocycles. The van der Waals surface area contributed by atoms with Crippen LogP contribution in [0, 0.1) is 13.8 Å². The molecular weight excluding hydrogens is 429 g/mol. The first-order valence-corrected chi connectivity index (χ1v) is 10.6. The largest absolute Gasteiger partial charge is 0.416 e. The molecule has 0 fully saturated rings. The zero-order chi connectivity index (χ0) is 22.8. The van der Waals surface area contributed by atoms with Gasteiger partial charge in [-0.3, -0.25) is 9.52 Å². The van der Waals surface area contributed by atoms with E-state index in [1.807, 2.05) is 6.92 Å². The topological polar surface area (TPSA) is 75.3 Å². The quantitative estimate of drug-likeness (QED) is 0.551. The summed E-state index contributed by atoms with van der Waals surface area (Å²) >= 11 is 0. The van der Waals surface area contributed by atoms with Gasteiger partial charge in [-0.1, -0.05) is 23.8 Å². The maximum absolute atomic E-state index is 12.8. The summed E-state index contributed by atoms with van der Waals surface area (Å²) in [6.07, 6.45) is -4.48. The van der Waals surface area contributed by atoms with E-state index in [9.17, 15) is 26.4 Å². The number of anilines is 2. The first-order valence-electron chi connectivity index (χ1n) is 9.14. The van der Waals surface area contributed by atoms with Gasteiger partial charge in [-0.15, -0.1) is 0 Å². The van der Waals surface area contributed by atoms with Crippen molar-refractivity contribution in [3.8, 4) is 0 Å². The minimum Gasteiger partial charge on any atom is -0.322 e. The van der Waals surface area contributed by atoms with Crippen LogP contribution in [0.4, 0.5) is 24.5 Å². The molecule has 0 spiro atoms. The van der Waals surface area contributed by atoms with E-state index < -0.39 is 27.7 Å². The number of alkyl halides is 3. The van der Waals surface area contributed by atoms with E-state index in [2.05, 4.69) is 10.0 Å². The predicted octanol–water partition coefficient (Wildman–Crippen LogP) is 5.38. The highest BCUT2D eigenvalue weighted by molar-refractivity contribution is 7.92. The number of benzene rings is 3. The van der Waals surface area contributed by atoms with E-state index in [0.29, 0.717) is 11.3 Å². The summed E-state index contributed by atoms with van der Waals surface area (Å²) in [6, 6.07) is 14.9. The Kier molecular flexibility index (Phi) is 6.08. The number of rotatable bonds is 5. The molecule has 5 nitrogen and oxygen atoms in total. The predicted molar refractivity (Wildman–Crippen MR) is 113 cm³/mol. The van der Waals surface area contributed by atoms with Crippen molar-refractivity contribution < 1.29 is 26.4 Å². The molecule has 0 bridgehead atoms. The lowest BCUT2D eigenvalue weighted by Gasteiger charge is -2.13. The molecule has 0 atom stereocenters. The average Bonchev–Trinajstić information content (AvgIpc) is 2.69. The highest BCUT2D eigenvalue weighted by Crippen LogP contribution is 2.30. The third-order valence-corrected chi connectivity index (χ3v) is 6.04. The first-order chi connectivity index (χ1) is 14.5. The summed E-state index contributed by atoms with van der Waals surface area (Å²) in [6.45, 7) is 3.47. The molecule has 0 saturated carbocycles. The minimum atomic E-state index is -4.48. The number of carbonyl (C=O) groups excluding carboxylic acids is 1. The summed E-state index contributed by atoms with van der Waals surface area (Å²) in [5.41, 5.74) is 1.16. The van der Waals surface area contributed by atoms with Gasteiger partial charge in [-0.05, 0) is 67.9 Å². The fourth-order valence-electron chi connectivity index (χ4n) is 2.81. The molecule has 31 heavy (non-hydrogen) atoms. The van der Waals surface area contributed by atoms with Crippen molar-refractivity contribution in [2.75, 3.05) is 10.0 Å². The SMILES string of the molecule is Cc1ccc(NS(=O)(=O)c2cc(C(=O)Nc3ccc(C(F)(F)F)cc3)ccc2C)cc1. The number of aryl methyl sites for hydroxylation is 2. The van der Waals surface area contributed by atoms with Crippen LogP contribution in [0.1, 0.15) is 27.0 Å². The number of hydrogen-bond acceptors (Lipinski definition) is 3. The smallest absolute Gasteiger partial charge is 0.322 e. The number of amides is 1. The molecule has 0 unspecified atom stereocenters. The molecule has 0 aromatic heterocycles. The van der Waals surface area contributed by atoms with Crippen molar-refractivity contribution in [3.05, 3.63) is 89.0 Å². The second-order valence-corrected chi connectivity index (χ2v) is 8.63. The van der Waals surface area contributed by atoms with E-state index in [1.54, 1.807) is 31.2 Å². The molecule has 3 rings (SSSR count). The Hall–Kier alpha value is -3.33. The zero-order valence-corrected chi connectivity index (χ0v) is 17.4. The van der Waals surface area contributed by atoms with Gasteiger partial charge in [0, 0.05) is 16.9 Å². The van der Waals surface area contributed by atoms with Gasteiger partial charge in [-0.25, -0.2) is 8.42 Å². The Balaban J connectivity index is 1.82. The normalized spacial score (nSPS) is 11.8. The highest BCUT2D eigenvalue weighted by Gasteiger charge is 2.30. The zero-order valence-electron chi connectivity index (χ0n) is 16.6. The van der Waals surface area contributed by atoms with Crippen molar-refractivity contribution >= 4 is 27.3 Å². The van der Waals surface area contributed by atoms with Crippen molar-refractivity contribution in [1.82, 2.24) is 0 Å². The van der Waals surface area contributed by atoms with Crippen LogP contribution < -0.4 is 10.0 Å². The first kappa shape index (κ1) is 22.4. The van der Waals surface area contributed by atoms with Crippen molar-refractivity contribution in [2.45, 2.75) is 24.9 Å². The van der Waals surface area contributed by atoms with Gasteiger partial charge >= 0.3 is 6.18 Å². The van der Waals surface area contributed by atoms with Crippen molar-refractivity contribution in [2.24, 2.45) is 0 Å². The van der Waals surface area contributed by atoms with Crippen molar-refractivity contribution in [1.29, 1.82) is 0 Å². The molecular formula is C22H19F3N2O3S. The van der Waals surface area contributed by atoms with Gasteiger partial charge in [0.2, 0.25) is 0 Å². The van der Waals surface area contributed by atoms with E-state index in [-0.39, 0.29) is 16.1 Å². The monoisotopic (exact) mass is 448 g/mol. The van der Waals surface area contributed by atoms with E-state index in [1.165, 1.54) is 18.2 Å². The van der Waals surface area contributed by atoms with Gasteiger partial charge in [0.15, 0.2) is 0 Å². The van der Waals surface area contributed by atoms with Crippen LogP contribution in [0.5, 0.6) is 0 Å². The van der Waals surface area contributed by atoms with Crippen LogP contribution in [0.2, 0.25) is 0 Å². The van der Waals surface area contributed by atoms with Gasteiger partial charge < -0.3 is 5.32 Å². The Morgan fingerprint density at radius 1 is 0.839 bits per heavy atom. The lowest BCUT2D eigenvalue weighted by molar-refractivity contribution is -0.137. The fraction of sp³-hybridized carbons (Fsp3) is 0.136. The summed E-state index contributed by atoms with van der Waals surface area (Å²) in [5.74, 6) is -0.647. The highest BCUT2D eigenvalue weighted by atomic mass is 32.2. The standard InChI is InChI=1S/C22H19F3N2O3S/c1-14-3-9-19(10-4-14)27-31(29,30)20-13-16(6-5-15(20)2)21(28)26-18-11-7-17(8-12-18)22(23,24)25/h3-13,27H,1-2H3,(H,26,28). The van der Waals surface area contributed by atoms with Crippen LogP contribution in [-0.4, -0.2) is 14.3 Å². The van der Waals surface area contributed by atoms with Gasteiger partial charge in [0.05, 0.1) is 10.5 Å². The van der Waals surface area contributed by atoms with Crippen LogP contribution in [-0.2, 0) is 16.2 Å². The van der Waals surface area contributed by atoms with Crippen LogP contribution >= 0.6 is 0 Å². The van der Waals surface area contributed by atoms with E-state index >= 15 is 0 Å². The van der Waals surface area contributed by atoms with Gasteiger partial charge in [-0.2, -0.15) is 13.2 Å². The Bertz CT molecular complexity index is 1200. The second kappa shape index (κ2) is 8.43. The van der Waals surface area contributed by atoms with Crippen LogP contribution in [0.3, 0.4) is 0 Å². The Morgan fingerprint density at radius 3 is 2.00 bits per heavy atom. The molecule has 0 saturated heterocycles. The average molecular weight is 448 g/mol. The third-order valence-electron chi connectivity index (χ3n) is 4.51. The molecule has 162 valence electrons. The Morgan fingerprint density at radius 2 is 1.42 bits per heavy atom. The molecule has 0 aliphatic rings. The van der Waals surface area contributed by atoms with Gasteiger partial charge in [0.25, 0.3) is 15.9 Å². The lowest BCUT2D eigenvalue weighted by Crippen LogP contribution is -2.17. The number of halogens is 3. The summed E-state index contributed by atoms with van der Waals surface area (Å²) in [5, 5.41) is 2.47. The second-order valence-electron chi connectivity index (χ2n) is 6.98. The minimum absolute atomic E-state index is 0.0507. The molecule has 0 heterocycles.